The second kappa shape index (κ2) is 10.6. The van der Waals surface area contributed by atoms with E-state index in [9.17, 15) is 14.4 Å². The highest BCUT2D eigenvalue weighted by molar-refractivity contribution is 8.26. The summed E-state index contributed by atoms with van der Waals surface area (Å²) in [5.41, 5.74) is 3.00. The van der Waals surface area contributed by atoms with E-state index in [4.69, 9.17) is 17.0 Å². The highest BCUT2D eigenvalue weighted by atomic mass is 32.2. The third-order valence-electron chi connectivity index (χ3n) is 5.93. The van der Waals surface area contributed by atoms with Gasteiger partial charge in [-0.05, 0) is 42.8 Å². The molecule has 2 aliphatic heterocycles. The van der Waals surface area contributed by atoms with Crippen molar-refractivity contribution < 1.29 is 19.1 Å². The van der Waals surface area contributed by atoms with Gasteiger partial charge < -0.3 is 10.1 Å². The summed E-state index contributed by atoms with van der Waals surface area (Å²) in [4.78, 5) is 43.1. The number of para-hydroxylation sites is 1. The number of benzene rings is 3. The minimum absolute atomic E-state index is 0.198. The van der Waals surface area contributed by atoms with E-state index in [1.807, 2.05) is 37.3 Å². The normalized spacial score (nSPS) is 16.8. The zero-order valence-corrected chi connectivity index (χ0v) is 21.6. The van der Waals surface area contributed by atoms with E-state index in [-0.39, 0.29) is 28.8 Å². The van der Waals surface area contributed by atoms with E-state index in [1.165, 1.54) is 9.80 Å². The van der Waals surface area contributed by atoms with Crippen molar-refractivity contribution in [1.29, 1.82) is 0 Å². The standard InChI is InChI=1S/C28H23N3O4S2/c1-2-35-20-14-12-19(13-15-20)29-23(32)17-30-22-11-7-6-10-21(22)24(26(30)33)25-27(34)31(28(36)37-25)16-18-8-4-3-5-9-18/h3-15H,2,16-17H2,1H3,(H,29,32). The molecule has 2 aliphatic rings. The van der Waals surface area contributed by atoms with Crippen molar-refractivity contribution in [2.75, 3.05) is 23.4 Å². The van der Waals surface area contributed by atoms with Crippen molar-refractivity contribution in [2.24, 2.45) is 0 Å². The highest BCUT2D eigenvalue weighted by Crippen LogP contribution is 2.44. The van der Waals surface area contributed by atoms with Crippen LogP contribution < -0.4 is 15.0 Å². The maximum absolute atomic E-state index is 13.6. The number of nitrogens with zero attached hydrogens (tertiary/aromatic N) is 2. The van der Waals surface area contributed by atoms with Gasteiger partial charge in [0, 0.05) is 11.3 Å². The molecule has 9 heteroatoms. The maximum atomic E-state index is 13.6. The van der Waals surface area contributed by atoms with Gasteiger partial charge in [-0.3, -0.25) is 24.2 Å². The SMILES string of the molecule is CCOc1ccc(NC(=O)CN2C(=O)C(=C3SC(=S)N(Cc4ccccc4)C3=O)c3ccccc32)cc1. The molecule has 1 N–H and O–H groups in total. The first-order valence-electron chi connectivity index (χ1n) is 11.7. The van der Waals surface area contributed by atoms with Crippen LogP contribution in [-0.4, -0.2) is 40.1 Å². The van der Waals surface area contributed by atoms with Crippen LogP contribution in [-0.2, 0) is 20.9 Å². The van der Waals surface area contributed by atoms with Crippen molar-refractivity contribution >= 4 is 63.0 Å². The Morgan fingerprint density at radius 2 is 1.62 bits per heavy atom. The molecule has 1 fully saturated rings. The number of amides is 3. The average Bonchev–Trinajstić information content (AvgIpc) is 3.33. The molecular weight excluding hydrogens is 506 g/mol. The number of hydrogen-bond acceptors (Lipinski definition) is 6. The Kier molecular flexibility index (Phi) is 7.07. The van der Waals surface area contributed by atoms with Crippen LogP contribution in [0.3, 0.4) is 0 Å². The smallest absolute Gasteiger partial charge is 0.267 e. The summed E-state index contributed by atoms with van der Waals surface area (Å²) in [5, 5.41) is 2.82. The Bertz CT molecular complexity index is 1420. The summed E-state index contributed by atoms with van der Waals surface area (Å²) in [6.45, 7) is 2.58. The molecule has 0 spiro atoms. The number of thiocarbonyl (C=S) groups is 1. The second-order valence-corrected chi connectivity index (χ2v) is 10.0. The largest absolute Gasteiger partial charge is 0.494 e. The van der Waals surface area contributed by atoms with E-state index in [0.29, 0.717) is 40.2 Å². The zero-order valence-electron chi connectivity index (χ0n) is 20.0. The molecule has 0 aromatic heterocycles. The van der Waals surface area contributed by atoms with Gasteiger partial charge in [-0.1, -0.05) is 72.5 Å². The summed E-state index contributed by atoms with van der Waals surface area (Å²) in [5.74, 6) is -0.357. The minimum atomic E-state index is -0.400. The molecule has 0 unspecified atom stereocenters. The fourth-order valence-electron chi connectivity index (χ4n) is 4.25. The Balaban J connectivity index is 1.38. The molecule has 3 aromatic rings. The van der Waals surface area contributed by atoms with Crippen molar-refractivity contribution in [3.8, 4) is 5.75 Å². The van der Waals surface area contributed by atoms with Gasteiger partial charge in [0.1, 0.15) is 16.6 Å². The fourth-order valence-corrected chi connectivity index (χ4v) is 5.58. The van der Waals surface area contributed by atoms with Crippen molar-refractivity contribution in [1.82, 2.24) is 4.90 Å². The van der Waals surface area contributed by atoms with E-state index >= 15 is 0 Å². The Hall–Kier alpha value is -3.95. The molecule has 37 heavy (non-hydrogen) atoms. The average molecular weight is 530 g/mol. The van der Waals surface area contributed by atoms with E-state index < -0.39 is 5.91 Å². The lowest BCUT2D eigenvalue weighted by Gasteiger charge is -2.17. The number of carbonyl (C=O) groups excluding carboxylic acids is 3. The van der Waals surface area contributed by atoms with E-state index in [2.05, 4.69) is 5.32 Å². The van der Waals surface area contributed by atoms with Gasteiger partial charge >= 0.3 is 0 Å². The first-order chi connectivity index (χ1) is 18.0. The first-order valence-corrected chi connectivity index (χ1v) is 12.9. The van der Waals surface area contributed by atoms with Gasteiger partial charge in [-0.25, -0.2) is 0 Å². The van der Waals surface area contributed by atoms with Crippen LogP contribution in [0.1, 0.15) is 18.1 Å². The van der Waals surface area contributed by atoms with Crippen LogP contribution in [0, 0.1) is 0 Å². The minimum Gasteiger partial charge on any atom is -0.494 e. The molecular formula is C28H23N3O4S2. The third kappa shape index (κ3) is 5.00. The molecule has 0 radical (unpaired) electrons. The lowest BCUT2D eigenvalue weighted by molar-refractivity contribution is -0.122. The van der Waals surface area contributed by atoms with Crippen LogP contribution >= 0.6 is 24.0 Å². The number of carbonyl (C=O) groups is 3. The van der Waals surface area contributed by atoms with Gasteiger partial charge in [-0.15, -0.1) is 0 Å². The van der Waals surface area contributed by atoms with Gasteiger partial charge in [-0.2, -0.15) is 0 Å². The van der Waals surface area contributed by atoms with Crippen molar-refractivity contribution in [3.05, 3.63) is 94.9 Å². The first kappa shape index (κ1) is 24.7. The summed E-state index contributed by atoms with van der Waals surface area (Å²) in [6, 6.07) is 23.7. The number of nitrogens with one attached hydrogen (secondary N) is 1. The maximum Gasteiger partial charge on any atom is 0.267 e. The molecule has 0 aliphatic carbocycles. The number of thioether (sulfide) groups is 1. The summed E-state index contributed by atoms with van der Waals surface area (Å²) >= 11 is 6.62. The summed E-state index contributed by atoms with van der Waals surface area (Å²) in [6.07, 6.45) is 0. The van der Waals surface area contributed by atoms with Gasteiger partial charge in [0.2, 0.25) is 5.91 Å². The van der Waals surface area contributed by atoms with Crippen LogP contribution in [0.25, 0.3) is 5.57 Å². The third-order valence-corrected chi connectivity index (χ3v) is 7.38. The number of fused-ring (bicyclic) bond motifs is 1. The van der Waals surface area contributed by atoms with Crippen LogP contribution in [0.4, 0.5) is 11.4 Å². The zero-order chi connectivity index (χ0) is 25.9. The van der Waals surface area contributed by atoms with Crippen LogP contribution in [0.2, 0.25) is 0 Å². The molecule has 186 valence electrons. The number of anilines is 2. The molecule has 2 heterocycles. The molecule has 7 nitrogen and oxygen atoms in total. The Morgan fingerprint density at radius 1 is 0.919 bits per heavy atom. The number of ether oxygens (including phenoxy) is 1. The number of rotatable bonds is 7. The predicted molar refractivity (Wildman–Crippen MR) is 149 cm³/mol. The molecule has 0 bridgehead atoms. The van der Waals surface area contributed by atoms with E-state index in [1.54, 1.807) is 48.5 Å². The topological polar surface area (TPSA) is 79.0 Å². The second-order valence-electron chi connectivity index (χ2n) is 8.36. The van der Waals surface area contributed by atoms with Gasteiger partial charge in [0.25, 0.3) is 11.8 Å². The molecule has 1 saturated heterocycles. The summed E-state index contributed by atoms with van der Waals surface area (Å²) in [7, 11) is 0. The van der Waals surface area contributed by atoms with Gasteiger partial charge in [0.05, 0.1) is 29.3 Å². The molecule has 0 saturated carbocycles. The fraction of sp³-hybridized carbons (Fsp3) is 0.143. The van der Waals surface area contributed by atoms with Crippen molar-refractivity contribution in [2.45, 2.75) is 13.5 Å². The summed E-state index contributed by atoms with van der Waals surface area (Å²) < 4.78 is 5.83. The number of hydrogen-bond donors (Lipinski definition) is 1. The molecule has 3 aromatic carbocycles. The van der Waals surface area contributed by atoms with Crippen LogP contribution in [0.15, 0.2) is 83.8 Å². The predicted octanol–water partition coefficient (Wildman–Crippen LogP) is 4.84. The van der Waals surface area contributed by atoms with E-state index in [0.717, 1.165) is 17.3 Å². The molecule has 0 atom stereocenters. The Morgan fingerprint density at radius 3 is 2.35 bits per heavy atom. The van der Waals surface area contributed by atoms with Gasteiger partial charge in [0.15, 0.2) is 0 Å². The molecule has 3 amide bonds. The lowest BCUT2D eigenvalue weighted by atomic mass is 10.1. The molecule has 5 rings (SSSR count). The Labute approximate surface area is 224 Å². The quantitative estimate of drug-likeness (QED) is 0.349. The van der Waals surface area contributed by atoms with Crippen molar-refractivity contribution in [3.63, 3.8) is 0 Å². The highest BCUT2D eigenvalue weighted by Gasteiger charge is 2.42. The van der Waals surface area contributed by atoms with Crippen LogP contribution in [0.5, 0.6) is 5.75 Å². The monoisotopic (exact) mass is 529 g/mol. The lowest BCUT2D eigenvalue weighted by Crippen LogP contribution is -2.35.